The highest BCUT2D eigenvalue weighted by atomic mass is 127. The van der Waals surface area contributed by atoms with E-state index in [1.165, 1.54) is 11.3 Å². The minimum atomic E-state index is 0.854. The lowest BCUT2D eigenvalue weighted by atomic mass is 10.1. The van der Waals surface area contributed by atoms with E-state index < -0.39 is 0 Å². The third kappa shape index (κ3) is 3.11. The van der Waals surface area contributed by atoms with Crippen molar-refractivity contribution in [1.29, 1.82) is 0 Å². The van der Waals surface area contributed by atoms with Crippen molar-refractivity contribution < 1.29 is 4.42 Å². The van der Waals surface area contributed by atoms with Crippen molar-refractivity contribution in [2.45, 2.75) is 24.7 Å². The van der Waals surface area contributed by atoms with Gasteiger partial charge >= 0.3 is 0 Å². The molecule has 0 unspecified atom stereocenters. The molecule has 0 bridgehead atoms. The maximum Gasteiger partial charge on any atom is 0.187 e. The molecule has 0 fully saturated rings. The zero-order valence-electron chi connectivity index (χ0n) is 10.6. The van der Waals surface area contributed by atoms with E-state index in [4.69, 9.17) is 4.42 Å². The molecule has 2 aromatic rings. The van der Waals surface area contributed by atoms with E-state index in [0.717, 1.165) is 40.7 Å². The zero-order valence-corrected chi connectivity index (χ0v) is 13.6. The summed E-state index contributed by atoms with van der Waals surface area (Å²) < 4.78 is 6.56. The van der Waals surface area contributed by atoms with E-state index in [9.17, 15) is 0 Å². The van der Waals surface area contributed by atoms with Crippen LogP contribution in [0.25, 0.3) is 0 Å². The Bertz CT molecular complexity index is 587. The molecule has 100 valence electrons. The number of hydrogen-bond acceptors (Lipinski definition) is 5. The number of rotatable bonds is 3. The third-order valence-electron chi connectivity index (χ3n) is 3.18. The molecular weight excluding hydrogens is 373 g/mol. The lowest BCUT2D eigenvalue weighted by Gasteiger charge is -2.27. The standard InChI is InChI=1S/C13H14IN3OS/c1-19-13-15-6-9-7-17(5-4-11(9)16-13)8-10-2-3-12(14)18-10/h2-3,6H,4-5,7-8H2,1H3. The second-order valence-electron chi connectivity index (χ2n) is 4.50. The summed E-state index contributed by atoms with van der Waals surface area (Å²) in [5.74, 6) is 1.02. The molecular formula is C13H14IN3OS. The first-order chi connectivity index (χ1) is 9.24. The first-order valence-electron chi connectivity index (χ1n) is 6.10. The molecule has 0 spiro atoms. The molecule has 4 nitrogen and oxygen atoms in total. The summed E-state index contributed by atoms with van der Waals surface area (Å²) in [6.07, 6.45) is 4.96. The minimum absolute atomic E-state index is 0.854. The number of aromatic nitrogens is 2. The van der Waals surface area contributed by atoms with Gasteiger partial charge in [0.05, 0.1) is 12.2 Å². The van der Waals surface area contributed by atoms with Crippen LogP contribution in [-0.2, 0) is 19.5 Å². The molecule has 19 heavy (non-hydrogen) atoms. The number of hydrogen-bond donors (Lipinski definition) is 0. The van der Waals surface area contributed by atoms with Gasteiger partial charge in [0.1, 0.15) is 5.76 Å². The molecule has 1 aliphatic rings. The SMILES string of the molecule is CSc1ncc2c(n1)CCN(Cc1ccc(I)o1)C2. The summed E-state index contributed by atoms with van der Waals surface area (Å²) in [6, 6.07) is 4.05. The normalized spacial score (nSPS) is 15.5. The van der Waals surface area contributed by atoms with Crippen molar-refractivity contribution in [2.75, 3.05) is 12.8 Å². The number of fused-ring (bicyclic) bond motifs is 1. The van der Waals surface area contributed by atoms with Crippen molar-refractivity contribution in [3.05, 3.63) is 39.1 Å². The van der Waals surface area contributed by atoms with Crippen LogP contribution in [0, 0.1) is 3.77 Å². The van der Waals surface area contributed by atoms with Crippen molar-refractivity contribution in [3.63, 3.8) is 0 Å². The van der Waals surface area contributed by atoms with Crippen molar-refractivity contribution in [2.24, 2.45) is 0 Å². The van der Waals surface area contributed by atoms with Gasteiger partial charge in [-0.2, -0.15) is 0 Å². The molecule has 0 saturated heterocycles. The molecule has 0 radical (unpaired) electrons. The highest BCUT2D eigenvalue weighted by molar-refractivity contribution is 14.1. The number of nitrogens with zero attached hydrogens (tertiary/aromatic N) is 3. The van der Waals surface area contributed by atoms with Crippen LogP contribution in [0.4, 0.5) is 0 Å². The van der Waals surface area contributed by atoms with Crippen LogP contribution in [0.1, 0.15) is 17.0 Å². The Hall–Kier alpha value is -0.600. The second kappa shape index (κ2) is 5.80. The van der Waals surface area contributed by atoms with Crippen LogP contribution in [0.3, 0.4) is 0 Å². The lowest BCUT2D eigenvalue weighted by Crippen LogP contribution is -2.30. The van der Waals surface area contributed by atoms with Crippen molar-refractivity contribution in [1.82, 2.24) is 14.9 Å². The van der Waals surface area contributed by atoms with E-state index in [1.54, 1.807) is 11.8 Å². The molecule has 3 rings (SSSR count). The molecule has 3 heterocycles. The summed E-state index contributed by atoms with van der Waals surface area (Å²) in [4.78, 5) is 11.3. The van der Waals surface area contributed by atoms with Gasteiger partial charge in [-0.1, -0.05) is 11.8 Å². The molecule has 0 aromatic carbocycles. The number of thioether (sulfide) groups is 1. The monoisotopic (exact) mass is 387 g/mol. The highest BCUT2D eigenvalue weighted by Gasteiger charge is 2.19. The summed E-state index contributed by atoms with van der Waals surface area (Å²) in [7, 11) is 0. The quantitative estimate of drug-likeness (QED) is 0.460. The van der Waals surface area contributed by atoms with Gasteiger partial charge in [0.2, 0.25) is 0 Å². The van der Waals surface area contributed by atoms with Crippen molar-refractivity contribution in [3.8, 4) is 0 Å². The summed E-state index contributed by atoms with van der Waals surface area (Å²) in [5.41, 5.74) is 2.44. The molecule has 2 aromatic heterocycles. The maximum absolute atomic E-state index is 5.62. The van der Waals surface area contributed by atoms with Gasteiger partial charge in [-0.05, 0) is 41.0 Å². The first-order valence-corrected chi connectivity index (χ1v) is 8.40. The molecule has 0 N–H and O–H groups in total. The summed E-state index contributed by atoms with van der Waals surface area (Å²) >= 11 is 3.79. The van der Waals surface area contributed by atoms with E-state index in [2.05, 4.69) is 37.5 Å². The third-order valence-corrected chi connectivity index (χ3v) is 4.32. The number of furan rings is 1. The Morgan fingerprint density at radius 3 is 3.11 bits per heavy atom. The van der Waals surface area contributed by atoms with Gasteiger partial charge in [-0.15, -0.1) is 0 Å². The molecule has 0 atom stereocenters. The fourth-order valence-electron chi connectivity index (χ4n) is 2.25. The maximum atomic E-state index is 5.62. The molecule has 6 heteroatoms. The van der Waals surface area contributed by atoms with Crippen molar-refractivity contribution >= 4 is 34.4 Å². The van der Waals surface area contributed by atoms with Crippen LogP contribution in [0.15, 0.2) is 27.9 Å². The smallest absolute Gasteiger partial charge is 0.187 e. The van der Waals surface area contributed by atoms with Gasteiger partial charge in [0, 0.05) is 31.3 Å². The lowest BCUT2D eigenvalue weighted by molar-refractivity contribution is 0.221. The Balaban J connectivity index is 1.71. The molecule has 0 saturated carbocycles. The average Bonchev–Trinajstić information content (AvgIpc) is 2.83. The van der Waals surface area contributed by atoms with Crippen LogP contribution in [0.2, 0.25) is 0 Å². The summed E-state index contributed by atoms with van der Waals surface area (Å²) in [6.45, 7) is 2.78. The fourth-order valence-corrected chi connectivity index (χ4v) is 3.07. The van der Waals surface area contributed by atoms with E-state index in [-0.39, 0.29) is 0 Å². The largest absolute Gasteiger partial charge is 0.454 e. The van der Waals surface area contributed by atoms with Crippen LogP contribution >= 0.6 is 34.4 Å². The Kier molecular flexibility index (Phi) is 4.09. The van der Waals surface area contributed by atoms with Crippen LogP contribution in [-0.4, -0.2) is 27.7 Å². The topological polar surface area (TPSA) is 42.2 Å². The molecule has 1 aliphatic heterocycles. The molecule has 0 aliphatic carbocycles. The van der Waals surface area contributed by atoms with E-state index in [0.29, 0.717) is 0 Å². The zero-order chi connectivity index (χ0) is 13.2. The highest BCUT2D eigenvalue weighted by Crippen LogP contribution is 2.21. The summed E-state index contributed by atoms with van der Waals surface area (Å²) in [5, 5.41) is 0.868. The number of halogens is 1. The van der Waals surface area contributed by atoms with E-state index >= 15 is 0 Å². The van der Waals surface area contributed by atoms with Gasteiger partial charge in [-0.3, -0.25) is 4.90 Å². The van der Waals surface area contributed by atoms with Crippen LogP contribution < -0.4 is 0 Å². The van der Waals surface area contributed by atoms with Gasteiger partial charge in [-0.25, -0.2) is 9.97 Å². The van der Waals surface area contributed by atoms with Gasteiger partial charge in [0.15, 0.2) is 8.92 Å². The van der Waals surface area contributed by atoms with Crippen LogP contribution in [0.5, 0.6) is 0 Å². The average molecular weight is 387 g/mol. The van der Waals surface area contributed by atoms with E-state index in [1.807, 2.05) is 24.6 Å². The van der Waals surface area contributed by atoms with Gasteiger partial charge in [0.25, 0.3) is 0 Å². The molecule has 0 amide bonds. The Morgan fingerprint density at radius 1 is 1.47 bits per heavy atom. The predicted molar refractivity (Wildman–Crippen MR) is 83.1 cm³/mol. The minimum Gasteiger partial charge on any atom is -0.454 e. The Morgan fingerprint density at radius 2 is 2.37 bits per heavy atom. The second-order valence-corrected chi connectivity index (χ2v) is 6.33. The Labute approximate surface area is 130 Å². The predicted octanol–water partition coefficient (Wildman–Crippen LogP) is 2.95. The van der Waals surface area contributed by atoms with Gasteiger partial charge < -0.3 is 4.42 Å². The fraction of sp³-hybridized carbons (Fsp3) is 0.385. The first kappa shape index (κ1) is 13.4.